The molecule has 1 heterocycles. The first-order chi connectivity index (χ1) is 5.74. The van der Waals surface area contributed by atoms with Gasteiger partial charge in [-0.05, 0) is 5.92 Å². The highest BCUT2D eigenvalue weighted by atomic mass is 15.1. The Kier molecular flexibility index (Phi) is 2.70. The van der Waals surface area contributed by atoms with Gasteiger partial charge in [0.2, 0.25) is 5.95 Å². The average Bonchev–Trinajstić information content (AvgIpc) is 2.51. The van der Waals surface area contributed by atoms with E-state index >= 15 is 0 Å². The van der Waals surface area contributed by atoms with Crippen LogP contribution in [0.15, 0.2) is 12.4 Å². The molecular formula is C8H12N4. The molecule has 0 aliphatic heterocycles. The molecule has 0 amide bonds. The smallest absolute Gasteiger partial charge is 0.201 e. The number of nitrogens with zero attached hydrogens (tertiary/aromatic N) is 2. The number of hydrogen-bond acceptors (Lipinski definition) is 3. The van der Waals surface area contributed by atoms with Crippen LogP contribution in [0.25, 0.3) is 0 Å². The average molecular weight is 164 g/mol. The van der Waals surface area contributed by atoms with Crippen molar-refractivity contribution in [2.75, 3.05) is 5.32 Å². The van der Waals surface area contributed by atoms with E-state index < -0.39 is 0 Å². The van der Waals surface area contributed by atoms with Crippen molar-refractivity contribution in [1.29, 1.82) is 5.26 Å². The van der Waals surface area contributed by atoms with Crippen molar-refractivity contribution in [1.82, 2.24) is 9.97 Å². The van der Waals surface area contributed by atoms with Gasteiger partial charge in [-0.3, -0.25) is 0 Å². The fraction of sp³-hybridized carbons (Fsp3) is 0.500. The van der Waals surface area contributed by atoms with Crippen LogP contribution < -0.4 is 5.32 Å². The molecule has 0 aliphatic rings. The lowest BCUT2D eigenvalue weighted by molar-refractivity contribution is 0.606. The van der Waals surface area contributed by atoms with Crippen LogP contribution in [0.3, 0.4) is 0 Å². The van der Waals surface area contributed by atoms with Gasteiger partial charge in [0.15, 0.2) is 0 Å². The number of hydrogen-bond donors (Lipinski definition) is 2. The number of aromatic nitrogens is 2. The zero-order valence-electron chi connectivity index (χ0n) is 7.20. The molecule has 4 heteroatoms. The zero-order chi connectivity index (χ0) is 8.97. The van der Waals surface area contributed by atoms with Gasteiger partial charge in [-0.2, -0.15) is 5.26 Å². The minimum absolute atomic E-state index is 0.184. The fourth-order valence-corrected chi connectivity index (χ4v) is 0.840. The van der Waals surface area contributed by atoms with E-state index in [-0.39, 0.29) is 12.0 Å². The number of H-pyrrole nitrogens is 1. The van der Waals surface area contributed by atoms with E-state index in [2.05, 4.69) is 21.4 Å². The van der Waals surface area contributed by atoms with E-state index in [0.717, 1.165) is 0 Å². The van der Waals surface area contributed by atoms with Crippen LogP contribution >= 0.6 is 0 Å². The molecule has 4 nitrogen and oxygen atoms in total. The van der Waals surface area contributed by atoms with Crippen LogP contribution in [0.4, 0.5) is 5.95 Å². The SMILES string of the molecule is CC(C)C(C#N)Nc1ncc[nH]1. The Morgan fingerprint density at radius 3 is 2.83 bits per heavy atom. The van der Waals surface area contributed by atoms with E-state index in [4.69, 9.17) is 5.26 Å². The highest BCUT2D eigenvalue weighted by molar-refractivity contribution is 5.28. The maximum Gasteiger partial charge on any atom is 0.201 e. The molecule has 1 atom stereocenters. The van der Waals surface area contributed by atoms with Gasteiger partial charge in [-0.15, -0.1) is 0 Å². The number of imidazole rings is 1. The molecule has 1 aromatic rings. The zero-order valence-corrected chi connectivity index (χ0v) is 7.20. The monoisotopic (exact) mass is 164 g/mol. The second-order valence-corrected chi connectivity index (χ2v) is 2.93. The number of nitriles is 1. The van der Waals surface area contributed by atoms with Crippen LogP contribution in [0.1, 0.15) is 13.8 Å². The summed E-state index contributed by atoms with van der Waals surface area (Å²) in [6, 6.07) is 1.98. The van der Waals surface area contributed by atoms with Crippen molar-refractivity contribution >= 4 is 5.95 Å². The summed E-state index contributed by atoms with van der Waals surface area (Å²) in [7, 11) is 0. The van der Waals surface area contributed by atoms with Gasteiger partial charge in [0.1, 0.15) is 6.04 Å². The van der Waals surface area contributed by atoms with Gasteiger partial charge in [0, 0.05) is 12.4 Å². The third-order valence-corrected chi connectivity index (χ3v) is 1.60. The first-order valence-electron chi connectivity index (χ1n) is 3.89. The standard InChI is InChI=1S/C8H12N4/c1-6(2)7(5-9)12-8-10-3-4-11-8/h3-4,6-7H,1-2H3,(H2,10,11,12). The lowest BCUT2D eigenvalue weighted by Gasteiger charge is -2.13. The maximum absolute atomic E-state index is 8.74. The molecule has 0 saturated heterocycles. The molecule has 0 saturated carbocycles. The Bertz CT molecular complexity index is 257. The minimum atomic E-state index is -0.184. The molecule has 2 N–H and O–H groups in total. The summed E-state index contributed by atoms with van der Waals surface area (Å²) < 4.78 is 0. The molecule has 0 radical (unpaired) electrons. The summed E-state index contributed by atoms with van der Waals surface area (Å²) in [5.74, 6) is 0.926. The number of nitrogens with one attached hydrogen (secondary N) is 2. The molecule has 0 aliphatic carbocycles. The number of rotatable bonds is 3. The molecular weight excluding hydrogens is 152 g/mol. The lowest BCUT2D eigenvalue weighted by atomic mass is 10.1. The first kappa shape index (κ1) is 8.60. The molecule has 0 bridgehead atoms. The summed E-state index contributed by atoms with van der Waals surface area (Å²) in [5, 5.41) is 11.7. The van der Waals surface area contributed by atoms with Crippen molar-refractivity contribution in [3.63, 3.8) is 0 Å². The van der Waals surface area contributed by atoms with Gasteiger partial charge in [0.05, 0.1) is 6.07 Å². The van der Waals surface area contributed by atoms with Crippen molar-refractivity contribution in [3.8, 4) is 6.07 Å². The maximum atomic E-state index is 8.74. The van der Waals surface area contributed by atoms with Crippen LogP contribution in [-0.4, -0.2) is 16.0 Å². The largest absolute Gasteiger partial charge is 0.340 e. The summed E-state index contributed by atoms with van der Waals surface area (Å²) in [6.07, 6.45) is 3.37. The van der Waals surface area contributed by atoms with Gasteiger partial charge in [0.25, 0.3) is 0 Å². The van der Waals surface area contributed by atoms with Crippen LogP contribution in [0, 0.1) is 17.2 Å². The van der Waals surface area contributed by atoms with Gasteiger partial charge < -0.3 is 10.3 Å². The fourth-order valence-electron chi connectivity index (χ4n) is 0.840. The minimum Gasteiger partial charge on any atom is -0.340 e. The predicted octanol–water partition coefficient (Wildman–Crippen LogP) is 1.37. The van der Waals surface area contributed by atoms with Crippen molar-refractivity contribution < 1.29 is 0 Å². The van der Waals surface area contributed by atoms with E-state index in [0.29, 0.717) is 5.95 Å². The Labute approximate surface area is 71.6 Å². The molecule has 12 heavy (non-hydrogen) atoms. The lowest BCUT2D eigenvalue weighted by Crippen LogP contribution is -2.24. The normalized spacial score (nSPS) is 12.5. The number of aromatic amines is 1. The molecule has 0 fully saturated rings. The Balaban J connectivity index is 2.56. The van der Waals surface area contributed by atoms with E-state index in [9.17, 15) is 0 Å². The Hall–Kier alpha value is -1.50. The second kappa shape index (κ2) is 3.77. The summed E-state index contributed by atoms with van der Waals surface area (Å²) >= 11 is 0. The highest BCUT2D eigenvalue weighted by Crippen LogP contribution is 2.06. The van der Waals surface area contributed by atoms with Crippen molar-refractivity contribution in [2.45, 2.75) is 19.9 Å². The van der Waals surface area contributed by atoms with Crippen LogP contribution in [0.5, 0.6) is 0 Å². The molecule has 64 valence electrons. The second-order valence-electron chi connectivity index (χ2n) is 2.93. The van der Waals surface area contributed by atoms with Gasteiger partial charge in [-0.25, -0.2) is 4.98 Å². The topological polar surface area (TPSA) is 64.5 Å². The molecule has 0 aromatic carbocycles. The van der Waals surface area contributed by atoms with Crippen molar-refractivity contribution in [3.05, 3.63) is 12.4 Å². The molecule has 1 unspecified atom stereocenters. The quantitative estimate of drug-likeness (QED) is 0.709. The summed E-state index contributed by atoms with van der Waals surface area (Å²) in [5.41, 5.74) is 0. The molecule has 0 spiro atoms. The third-order valence-electron chi connectivity index (χ3n) is 1.60. The van der Waals surface area contributed by atoms with E-state index in [1.807, 2.05) is 13.8 Å². The Morgan fingerprint density at radius 1 is 1.67 bits per heavy atom. The predicted molar refractivity (Wildman–Crippen MR) is 46.4 cm³/mol. The van der Waals surface area contributed by atoms with Crippen LogP contribution in [-0.2, 0) is 0 Å². The summed E-state index contributed by atoms with van der Waals surface area (Å²) in [4.78, 5) is 6.85. The van der Waals surface area contributed by atoms with E-state index in [1.54, 1.807) is 12.4 Å². The number of anilines is 1. The Morgan fingerprint density at radius 2 is 2.42 bits per heavy atom. The van der Waals surface area contributed by atoms with E-state index in [1.165, 1.54) is 0 Å². The summed E-state index contributed by atoms with van der Waals surface area (Å²) in [6.45, 7) is 3.98. The molecule has 1 aromatic heterocycles. The van der Waals surface area contributed by atoms with Gasteiger partial charge in [-0.1, -0.05) is 13.8 Å². The third kappa shape index (κ3) is 1.99. The highest BCUT2D eigenvalue weighted by Gasteiger charge is 2.11. The van der Waals surface area contributed by atoms with Crippen molar-refractivity contribution in [2.24, 2.45) is 5.92 Å². The molecule has 1 rings (SSSR count). The first-order valence-corrected chi connectivity index (χ1v) is 3.89. The van der Waals surface area contributed by atoms with Crippen LogP contribution in [0.2, 0.25) is 0 Å². The van der Waals surface area contributed by atoms with Gasteiger partial charge >= 0.3 is 0 Å².